The molecule has 0 bridgehead atoms. The van der Waals surface area contributed by atoms with Crippen molar-refractivity contribution in [1.29, 1.82) is 0 Å². The number of amides is 1. The molecular weight excluding hydrogens is 230 g/mol. The Morgan fingerprint density at radius 3 is 2.89 bits per heavy atom. The molecule has 1 amide bonds. The Bertz CT molecular complexity index is 408. The van der Waals surface area contributed by atoms with Crippen LogP contribution in [0, 0.1) is 19.8 Å². The van der Waals surface area contributed by atoms with Crippen molar-refractivity contribution in [3.05, 3.63) is 17.0 Å². The Morgan fingerprint density at radius 2 is 2.28 bits per heavy atom. The second-order valence-electron chi connectivity index (χ2n) is 5.14. The predicted molar refractivity (Wildman–Crippen MR) is 68.1 cm³/mol. The van der Waals surface area contributed by atoms with Crippen molar-refractivity contribution in [2.24, 2.45) is 5.92 Å². The molecule has 1 aliphatic carbocycles. The average Bonchev–Trinajstić information content (AvgIpc) is 2.90. The molecule has 1 aromatic heterocycles. The van der Waals surface area contributed by atoms with Gasteiger partial charge in [-0.2, -0.15) is 5.10 Å². The van der Waals surface area contributed by atoms with E-state index >= 15 is 0 Å². The molecule has 1 saturated carbocycles. The van der Waals surface area contributed by atoms with Crippen molar-refractivity contribution < 1.29 is 9.90 Å². The van der Waals surface area contributed by atoms with Gasteiger partial charge in [0.2, 0.25) is 5.91 Å². The number of aromatic nitrogens is 2. The second kappa shape index (κ2) is 5.52. The third kappa shape index (κ3) is 2.72. The van der Waals surface area contributed by atoms with Crippen molar-refractivity contribution in [1.82, 2.24) is 15.5 Å². The van der Waals surface area contributed by atoms with Gasteiger partial charge >= 0.3 is 0 Å². The average molecular weight is 251 g/mol. The van der Waals surface area contributed by atoms with Crippen LogP contribution >= 0.6 is 0 Å². The van der Waals surface area contributed by atoms with Gasteiger partial charge in [-0.1, -0.05) is 6.42 Å². The van der Waals surface area contributed by atoms with Gasteiger partial charge in [0.1, 0.15) is 0 Å². The monoisotopic (exact) mass is 251 g/mol. The van der Waals surface area contributed by atoms with Crippen LogP contribution in [-0.4, -0.2) is 33.9 Å². The second-order valence-corrected chi connectivity index (χ2v) is 5.14. The summed E-state index contributed by atoms with van der Waals surface area (Å²) >= 11 is 0. The third-order valence-corrected chi connectivity index (χ3v) is 3.86. The standard InChI is InChI=1S/C13H21N3O2/c1-8-11(9(2)16-15-8)6-13(18)14-12-5-3-4-10(12)7-17/h10,12,17H,3-7H2,1-2H3,(H,14,18)(H,15,16). The third-order valence-electron chi connectivity index (χ3n) is 3.86. The number of carbonyl (C=O) groups is 1. The van der Waals surface area contributed by atoms with E-state index in [1.807, 2.05) is 13.8 Å². The zero-order valence-electron chi connectivity index (χ0n) is 11.0. The number of nitrogens with one attached hydrogen (secondary N) is 2. The van der Waals surface area contributed by atoms with Crippen LogP contribution in [0.15, 0.2) is 0 Å². The first kappa shape index (κ1) is 13.1. The summed E-state index contributed by atoms with van der Waals surface area (Å²) in [6, 6.07) is 0.134. The van der Waals surface area contributed by atoms with Gasteiger partial charge in [0.25, 0.3) is 0 Å². The van der Waals surface area contributed by atoms with Crippen LogP contribution in [0.1, 0.15) is 36.2 Å². The highest BCUT2D eigenvalue weighted by molar-refractivity contribution is 5.79. The fraction of sp³-hybridized carbons (Fsp3) is 0.692. The number of H-pyrrole nitrogens is 1. The number of nitrogens with zero attached hydrogens (tertiary/aromatic N) is 1. The summed E-state index contributed by atoms with van der Waals surface area (Å²) < 4.78 is 0. The smallest absolute Gasteiger partial charge is 0.224 e. The summed E-state index contributed by atoms with van der Waals surface area (Å²) in [5.74, 6) is 0.244. The number of rotatable bonds is 4. The van der Waals surface area contributed by atoms with Gasteiger partial charge in [0.05, 0.1) is 12.1 Å². The minimum Gasteiger partial charge on any atom is -0.396 e. The Kier molecular flexibility index (Phi) is 4.01. The molecule has 1 fully saturated rings. The number of aliphatic hydroxyl groups is 1. The van der Waals surface area contributed by atoms with Gasteiger partial charge in [0.15, 0.2) is 0 Å². The molecule has 18 heavy (non-hydrogen) atoms. The van der Waals surface area contributed by atoms with E-state index in [9.17, 15) is 9.90 Å². The highest BCUT2D eigenvalue weighted by Gasteiger charge is 2.28. The molecule has 2 rings (SSSR count). The van der Waals surface area contributed by atoms with Gasteiger partial charge in [0, 0.05) is 29.8 Å². The zero-order valence-corrected chi connectivity index (χ0v) is 11.0. The molecular formula is C13H21N3O2. The molecule has 3 N–H and O–H groups in total. The summed E-state index contributed by atoms with van der Waals surface area (Å²) in [7, 11) is 0. The molecule has 0 radical (unpaired) electrons. The number of carbonyl (C=O) groups excluding carboxylic acids is 1. The van der Waals surface area contributed by atoms with Crippen molar-refractivity contribution in [3.8, 4) is 0 Å². The summed E-state index contributed by atoms with van der Waals surface area (Å²) in [5, 5.41) is 19.2. The van der Waals surface area contributed by atoms with Gasteiger partial charge in [-0.3, -0.25) is 9.89 Å². The van der Waals surface area contributed by atoms with E-state index in [4.69, 9.17) is 0 Å². The van der Waals surface area contributed by atoms with Crippen LogP contribution < -0.4 is 5.32 Å². The maximum absolute atomic E-state index is 12.0. The van der Waals surface area contributed by atoms with E-state index in [0.29, 0.717) is 6.42 Å². The van der Waals surface area contributed by atoms with Gasteiger partial charge in [-0.25, -0.2) is 0 Å². The quantitative estimate of drug-likeness (QED) is 0.742. The van der Waals surface area contributed by atoms with E-state index in [-0.39, 0.29) is 24.5 Å². The molecule has 0 saturated heterocycles. The van der Waals surface area contributed by atoms with Crippen molar-refractivity contribution >= 4 is 5.91 Å². The molecule has 0 aliphatic heterocycles. The lowest BCUT2D eigenvalue weighted by molar-refractivity contribution is -0.121. The lowest BCUT2D eigenvalue weighted by atomic mass is 10.0. The molecule has 1 heterocycles. The molecule has 1 aliphatic rings. The summed E-state index contributed by atoms with van der Waals surface area (Å²) in [5.41, 5.74) is 2.81. The van der Waals surface area contributed by atoms with Crippen LogP contribution in [0.5, 0.6) is 0 Å². The predicted octanol–water partition coefficient (Wildman–Crippen LogP) is 0.846. The lowest BCUT2D eigenvalue weighted by Gasteiger charge is -2.19. The van der Waals surface area contributed by atoms with E-state index in [1.165, 1.54) is 0 Å². The molecule has 0 aromatic carbocycles. The molecule has 2 atom stereocenters. The number of aryl methyl sites for hydroxylation is 2. The largest absolute Gasteiger partial charge is 0.396 e. The van der Waals surface area contributed by atoms with Crippen LogP contribution in [-0.2, 0) is 11.2 Å². The Morgan fingerprint density at radius 1 is 1.50 bits per heavy atom. The minimum absolute atomic E-state index is 0.0212. The van der Waals surface area contributed by atoms with E-state index in [1.54, 1.807) is 0 Å². The summed E-state index contributed by atoms with van der Waals surface area (Å²) in [6.07, 6.45) is 3.42. The SMILES string of the molecule is Cc1n[nH]c(C)c1CC(=O)NC1CCCC1CO. The first-order valence-electron chi connectivity index (χ1n) is 6.52. The molecule has 5 nitrogen and oxygen atoms in total. The number of hydrogen-bond acceptors (Lipinski definition) is 3. The fourth-order valence-corrected chi connectivity index (χ4v) is 2.70. The first-order valence-corrected chi connectivity index (χ1v) is 6.52. The molecule has 100 valence electrons. The highest BCUT2D eigenvalue weighted by atomic mass is 16.3. The molecule has 0 spiro atoms. The van der Waals surface area contributed by atoms with Crippen molar-refractivity contribution in [2.75, 3.05) is 6.61 Å². The highest BCUT2D eigenvalue weighted by Crippen LogP contribution is 2.25. The number of aromatic amines is 1. The van der Waals surface area contributed by atoms with E-state index in [2.05, 4.69) is 15.5 Å². The molecule has 2 unspecified atom stereocenters. The number of aliphatic hydroxyl groups excluding tert-OH is 1. The van der Waals surface area contributed by atoms with Gasteiger partial charge < -0.3 is 10.4 Å². The fourth-order valence-electron chi connectivity index (χ4n) is 2.70. The Hall–Kier alpha value is -1.36. The maximum atomic E-state index is 12.0. The summed E-state index contributed by atoms with van der Waals surface area (Å²) in [4.78, 5) is 12.0. The van der Waals surface area contributed by atoms with Gasteiger partial charge in [-0.15, -0.1) is 0 Å². The first-order chi connectivity index (χ1) is 8.61. The molecule has 5 heteroatoms. The lowest BCUT2D eigenvalue weighted by Crippen LogP contribution is -2.39. The van der Waals surface area contributed by atoms with Crippen LogP contribution in [0.4, 0.5) is 0 Å². The van der Waals surface area contributed by atoms with Crippen LogP contribution in [0.3, 0.4) is 0 Å². The van der Waals surface area contributed by atoms with E-state index in [0.717, 1.165) is 36.2 Å². The normalized spacial score (nSPS) is 23.3. The maximum Gasteiger partial charge on any atom is 0.224 e. The topological polar surface area (TPSA) is 78.0 Å². The Labute approximate surface area is 107 Å². The van der Waals surface area contributed by atoms with Crippen molar-refractivity contribution in [3.63, 3.8) is 0 Å². The number of hydrogen-bond donors (Lipinski definition) is 3. The minimum atomic E-state index is 0.0212. The van der Waals surface area contributed by atoms with Crippen LogP contribution in [0.2, 0.25) is 0 Å². The molecule has 1 aromatic rings. The van der Waals surface area contributed by atoms with E-state index < -0.39 is 0 Å². The van der Waals surface area contributed by atoms with Gasteiger partial charge in [-0.05, 0) is 26.7 Å². The Balaban J connectivity index is 1.93. The van der Waals surface area contributed by atoms with Crippen molar-refractivity contribution in [2.45, 2.75) is 45.6 Å². The van der Waals surface area contributed by atoms with Crippen LogP contribution in [0.25, 0.3) is 0 Å². The summed E-state index contributed by atoms with van der Waals surface area (Å²) in [6.45, 7) is 3.99. The zero-order chi connectivity index (χ0) is 13.1.